The molecule has 2 heterocycles. The molecule has 7 nitrogen and oxygen atoms in total. The summed E-state index contributed by atoms with van der Waals surface area (Å²) in [6.07, 6.45) is 5.09. The van der Waals surface area contributed by atoms with Gasteiger partial charge < -0.3 is 20.3 Å². The summed E-state index contributed by atoms with van der Waals surface area (Å²) < 4.78 is 6.90. The highest BCUT2D eigenvalue weighted by atomic mass is 16.5. The van der Waals surface area contributed by atoms with E-state index in [-0.39, 0.29) is 11.5 Å². The van der Waals surface area contributed by atoms with Crippen molar-refractivity contribution in [3.8, 4) is 22.8 Å². The second-order valence-corrected chi connectivity index (χ2v) is 4.73. The molecule has 22 heavy (non-hydrogen) atoms. The van der Waals surface area contributed by atoms with Gasteiger partial charge in [0.2, 0.25) is 0 Å². The number of anilines is 1. The zero-order valence-electron chi connectivity index (χ0n) is 12.0. The first-order valence-corrected chi connectivity index (χ1v) is 6.78. The van der Waals surface area contributed by atoms with Crippen LogP contribution in [0.15, 0.2) is 36.8 Å². The summed E-state index contributed by atoms with van der Waals surface area (Å²) in [7, 11) is 1.63. The number of nitrogens with one attached hydrogen (secondary N) is 1. The fourth-order valence-corrected chi connectivity index (χ4v) is 2.26. The smallest absolute Gasteiger partial charge is 0.157 e. The van der Waals surface area contributed by atoms with Gasteiger partial charge in [0.15, 0.2) is 5.65 Å². The molecule has 3 aromatic rings. The lowest BCUT2D eigenvalue weighted by atomic mass is 10.1. The minimum absolute atomic E-state index is 0.000531. The van der Waals surface area contributed by atoms with Crippen molar-refractivity contribution in [3.63, 3.8) is 0 Å². The Morgan fingerprint density at radius 3 is 2.95 bits per heavy atom. The van der Waals surface area contributed by atoms with Gasteiger partial charge in [-0.3, -0.25) is 9.38 Å². The maximum atomic E-state index is 10.1. The van der Waals surface area contributed by atoms with Gasteiger partial charge >= 0.3 is 0 Å². The van der Waals surface area contributed by atoms with Crippen LogP contribution in [0.3, 0.4) is 0 Å². The molecule has 0 bridgehead atoms. The molecule has 0 amide bonds. The molecule has 3 N–H and O–H groups in total. The molecule has 0 atom stereocenters. The number of aromatic hydroxyl groups is 2. The highest BCUT2D eigenvalue weighted by Gasteiger charge is 2.17. The van der Waals surface area contributed by atoms with Crippen LogP contribution in [-0.2, 0) is 4.74 Å². The van der Waals surface area contributed by atoms with E-state index in [1.54, 1.807) is 31.8 Å². The summed E-state index contributed by atoms with van der Waals surface area (Å²) in [4.78, 5) is 8.56. The van der Waals surface area contributed by atoms with Crippen molar-refractivity contribution in [1.82, 2.24) is 14.4 Å². The molecule has 114 valence electrons. The Hall–Kier alpha value is -2.80. The first-order valence-electron chi connectivity index (χ1n) is 6.78. The largest absolute Gasteiger partial charge is 0.508 e. The van der Waals surface area contributed by atoms with E-state index in [4.69, 9.17) is 4.74 Å². The van der Waals surface area contributed by atoms with Crippen molar-refractivity contribution in [1.29, 1.82) is 0 Å². The van der Waals surface area contributed by atoms with Gasteiger partial charge in [-0.15, -0.1) is 0 Å². The Bertz CT molecular complexity index is 801. The molecule has 0 spiro atoms. The van der Waals surface area contributed by atoms with Crippen LogP contribution in [-0.4, -0.2) is 44.8 Å². The third-order valence-electron chi connectivity index (χ3n) is 3.27. The maximum absolute atomic E-state index is 10.1. The standard InChI is InChI=1S/C15H16N4O3/c1-22-7-5-17-15-14(11-3-2-10(20)8-12(11)21)18-13-9-16-4-6-19(13)15/h2-4,6,8-9,17,20-21H,5,7H2,1H3. The Balaban J connectivity index is 2.12. The van der Waals surface area contributed by atoms with Crippen molar-refractivity contribution < 1.29 is 14.9 Å². The molecule has 7 heteroatoms. The fourth-order valence-electron chi connectivity index (χ4n) is 2.26. The lowest BCUT2D eigenvalue weighted by molar-refractivity contribution is 0.210. The molecule has 0 aliphatic carbocycles. The summed E-state index contributed by atoms with van der Waals surface area (Å²) in [5.41, 5.74) is 1.77. The average molecular weight is 300 g/mol. The number of imidazole rings is 1. The van der Waals surface area contributed by atoms with Crippen LogP contribution in [0.25, 0.3) is 16.9 Å². The Morgan fingerprint density at radius 2 is 2.18 bits per heavy atom. The van der Waals surface area contributed by atoms with Gasteiger partial charge in [-0.2, -0.15) is 0 Å². The van der Waals surface area contributed by atoms with Gasteiger partial charge in [0.25, 0.3) is 0 Å². The molecule has 0 aliphatic heterocycles. The van der Waals surface area contributed by atoms with Gasteiger partial charge in [-0.1, -0.05) is 0 Å². The molecule has 0 unspecified atom stereocenters. The summed E-state index contributed by atoms with van der Waals surface area (Å²) in [6.45, 7) is 1.14. The summed E-state index contributed by atoms with van der Waals surface area (Å²) in [5, 5.41) is 22.8. The quantitative estimate of drug-likeness (QED) is 0.623. The van der Waals surface area contributed by atoms with Crippen LogP contribution < -0.4 is 5.32 Å². The van der Waals surface area contributed by atoms with E-state index in [1.165, 1.54) is 12.1 Å². The van der Waals surface area contributed by atoms with E-state index in [9.17, 15) is 10.2 Å². The normalized spacial score (nSPS) is 11.0. The molecule has 3 rings (SSSR count). The summed E-state index contributed by atoms with van der Waals surface area (Å²) in [6, 6.07) is 4.42. The molecule has 0 aliphatic rings. The van der Waals surface area contributed by atoms with Crippen LogP contribution >= 0.6 is 0 Å². The maximum Gasteiger partial charge on any atom is 0.157 e. The van der Waals surface area contributed by atoms with Crippen LogP contribution in [0.2, 0.25) is 0 Å². The number of hydrogen-bond donors (Lipinski definition) is 3. The number of hydrogen-bond acceptors (Lipinski definition) is 6. The molecule has 0 fully saturated rings. The van der Waals surface area contributed by atoms with Crippen LogP contribution in [0.4, 0.5) is 5.82 Å². The fraction of sp³-hybridized carbons (Fsp3) is 0.200. The molecule has 1 aromatic carbocycles. The number of phenolic OH excluding ortho intramolecular Hbond substituents is 2. The predicted molar refractivity (Wildman–Crippen MR) is 82.1 cm³/mol. The number of aromatic nitrogens is 3. The van der Waals surface area contributed by atoms with Crippen LogP contribution in [0.5, 0.6) is 11.5 Å². The first-order chi connectivity index (χ1) is 10.7. The first kappa shape index (κ1) is 14.2. The number of nitrogens with zero attached hydrogens (tertiary/aromatic N) is 3. The molecule has 0 radical (unpaired) electrons. The third-order valence-corrected chi connectivity index (χ3v) is 3.27. The molecular weight excluding hydrogens is 284 g/mol. The van der Waals surface area contributed by atoms with Gasteiger partial charge in [0.1, 0.15) is 23.0 Å². The second kappa shape index (κ2) is 5.90. The number of benzene rings is 1. The van der Waals surface area contributed by atoms with Crippen molar-refractivity contribution in [2.24, 2.45) is 0 Å². The van der Waals surface area contributed by atoms with E-state index in [0.717, 1.165) is 5.82 Å². The minimum atomic E-state index is -0.0360. The van der Waals surface area contributed by atoms with Crippen LogP contribution in [0, 0.1) is 0 Å². The number of fused-ring (bicyclic) bond motifs is 1. The summed E-state index contributed by atoms with van der Waals surface area (Å²) >= 11 is 0. The second-order valence-electron chi connectivity index (χ2n) is 4.73. The summed E-state index contributed by atoms with van der Waals surface area (Å²) in [5.74, 6) is 0.696. The SMILES string of the molecule is COCCNc1c(-c2ccc(O)cc2O)nc2cnccn12. The van der Waals surface area contributed by atoms with Gasteiger partial charge in [0, 0.05) is 37.7 Å². The lowest BCUT2D eigenvalue weighted by Gasteiger charge is -2.09. The zero-order valence-corrected chi connectivity index (χ0v) is 12.0. The van der Waals surface area contributed by atoms with Gasteiger partial charge in [-0.25, -0.2) is 4.98 Å². The molecular formula is C15H16N4O3. The average Bonchev–Trinajstić information content (AvgIpc) is 2.86. The Morgan fingerprint density at radius 1 is 1.32 bits per heavy atom. The van der Waals surface area contributed by atoms with Gasteiger partial charge in [0.05, 0.1) is 12.8 Å². The van der Waals surface area contributed by atoms with Crippen molar-refractivity contribution >= 4 is 11.5 Å². The van der Waals surface area contributed by atoms with E-state index in [2.05, 4.69) is 15.3 Å². The topological polar surface area (TPSA) is 91.9 Å². The van der Waals surface area contributed by atoms with E-state index in [1.807, 2.05) is 4.40 Å². The number of ether oxygens (including phenoxy) is 1. The Labute approximate surface area is 126 Å². The lowest BCUT2D eigenvalue weighted by Crippen LogP contribution is -2.10. The molecule has 0 saturated heterocycles. The third kappa shape index (κ3) is 2.53. The van der Waals surface area contributed by atoms with Crippen molar-refractivity contribution in [3.05, 3.63) is 36.8 Å². The van der Waals surface area contributed by atoms with Gasteiger partial charge in [-0.05, 0) is 12.1 Å². The number of rotatable bonds is 5. The van der Waals surface area contributed by atoms with Crippen LogP contribution in [0.1, 0.15) is 0 Å². The van der Waals surface area contributed by atoms with E-state index < -0.39 is 0 Å². The highest BCUT2D eigenvalue weighted by molar-refractivity contribution is 5.80. The molecule has 0 saturated carbocycles. The monoisotopic (exact) mass is 300 g/mol. The van der Waals surface area contributed by atoms with Crippen molar-refractivity contribution in [2.75, 3.05) is 25.6 Å². The zero-order chi connectivity index (χ0) is 15.5. The number of methoxy groups -OCH3 is 1. The van der Waals surface area contributed by atoms with E-state index in [0.29, 0.717) is 30.1 Å². The minimum Gasteiger partial charge on any atom is -0.508 e. The Kier molecular flexibility index (Phi) is 3.80. The van der Waals surface area contributed by atoms with E-state index >= 15 is 0 Å². The molecule has 2 aromatic heterocycles. The predicted octanol–water partition coefficient (Wildman–Crippen LogP) is 1.87. The highest BCUT2D eigenvalue weighted by Crippen LogP contribution is 2.36. The number of phenols is 2. The van der Waals surface area contributed by atoms with Crippen molar-refractivity contribution in [2.45, 2.75) is 0 Å².